The summed E-state index contributed by atoms with van der Waals surface area (Å²) in [6, 6.07) is 0. The number of carbonyl (C=O) groups is 1. The topological polar surface area (TPSA) is 67.6 Å². The highest BCUT2D eigenvalue weighted by Gasteiger charge is 2.29. The average molecular weight is 255 g/mol. The molecule has 0 spiro atoms. The van der Waals surface area contributed by atoms with E-state index in [1.165, 1.54) is 25.9 Å². The molecular weight excluding hydrogens is 230 g/mol. The average Bonchev–Trinajstić information content (AvgIpc) is 3.05. The van der Waals surface area contributed by atoms with E-state index in [-0.39, 0.29) is 18.1 Å². The standard InChI is InChI=1S/C13H25N3O2/c14-10-11-4-5-12(18-11)13(17)15-6-3-9-16-7-1-2-8-16/h11-12H,1-10,14H2,(H,15,17)/t11-,12+/m1/s1. The Bertz CT molecular complexity index is 267. The fourth-order valence-electron chi connectivity index (χ4n) is 2.71. The van der Waals surface area contributed by atoms with Crippen LogP contribution < -0.4 is 11.1 Å². The Morgan fingerprint density at radius 1 is 1.33 bits per heavy atom. The largest absolute Gasteiger partial charge is 0.364 e. The summed E-state index contributed by atoms with van der Waals surface area (Å²) in [6.07, 6.45) is 5.18. The molecule has 0 aromatic heterocycles. The lowest BCUT2D eigenvalue weighted by molar-refractivity contribution is -0.131. The molecule has 18 heavy (non-hydrogen) atoms. The van der Waals surface area contributed by atoms with Crippen LogP contribution in [0.25, 0.3) is 0 Å². The molecule has 5 heteroatoms. The smallest absolute Gasteiger partial charge is 0.249 e. The molecule has 2 heterocycles. The van der Waals surface area contributed by atoms with Gasteiger partial charge in [-0.25, -0.2) is 0 Å². The minimum Gasteiger partial charge on any atom is -0.364 e. The summed E-state index contributed by atoms with van der Waals surface area (Å²) in [5, 5.41) is 2.96. The molecule has 0 bridgehead atoms. The van der Waals surface area contributed by atoms with Crippen molar-refractivity contribution in [2.75, 3.05) is 32.7 Å². The first-order valence-corrected chi connectivity index (χ1v) is 7.15. The lowest BCUT2D eigenvalue weighted by Gasteiger charge is -2.15. The number of carbonyl (C=O) groups excluding carboxylic acids is 1. The van der Waals surface area contributed by atoms with Crippen LogP contribution in [-0.2, 0) is 9.53 Å². The Labute approximate surface area is 109 Å². The van der Waals surface area contributed by atoms with Gasteiger partial charge in [-0.15, -0.1) is 0 Å². The lowest BCUT2D eigenvalue weighted by atomic mass is 10.2. The Balaban J connectivity index is 1.54. The van der Waals surface area contributed by atoms with Crippen molar-refractivity contribution in [2.24, 2.45) is 5.73 Å². The first-order valence-electron chi connectivity index (χ1n) is 7.15. The Hall–Kier alpha value is -0.650. The monoisotopic (exact) mass is 255 g/mol. The van der Waals surface area contributed by atoms with Crippen molar-refractivity contribution in [3.63, 3.8) is 0 Å². The summed E-state index contributed by atoms with van der Waals surface area (Å²) in [5.41, 5.74) is 5.53. The van der Waals surface area contributed by atoms with E-state index < -0.39 is 0 Å². The molecule has 1 amide bonds. The third-order valence-electron chi connectivity index (χ3n) is 3.81. The highest BCUT2D eigenvalue weighted by atomic mass is 16.5. The zero-order valence-corrected chi connectivity index (χ0v) is 11.1. The van der Waals surface area contributed by atoms with Crippen LogP contribution in [0.5, 0.6) is 0 Å². The summed E-state index contributed by atoms with van der Waals surface area (Å²) < 4.78 is 5.56. The van der Waals surface area contributed by atoms with Gasteiger partial charge in [-0.3, -0.25) is 4.79 Å². The summed E-state index contributed by atoms with van der Waals surface area (Å²) in [5.74, 6) is 0.0346. The number of hydrogen-bond acceptors (Lipinski definition) is 4. The normalized spacial score (nSPS) is 28.7. The Morgan fingerprint density at radius 2 is 2.11 bits per heavy atom. The number of nitrogens with one attached hydrogen (secondary N) is 1. The van der Waals surface area contributed by atoms with Crippen molar-refractivity contribution in [1.82, 2.24) is 10.2 Å². The summed E-state index contributed by atoms with van der Waals surface area (Å²) in [7, 11) is 0. The predicted octanol–water partition coefficient (Wildman–Crippen LogP) is 0.0948. The van der Waals surface area contributed by atoms with E-state index in [9.17, 15) is 4.79 Å². The van der Waals surface area contributed by atoms with Crippen LogP contribution >= 0.6 is 0 Å². The summed E-state index contributed by atoms with van der Waals surface area (Å²) in [6.45, 7) is 4.80. The van der Waals surface area contributed by atoms with E-state index in [4.69, 9.17) is 10.5 Å². The second-order valence-corrected chi connectivity index (χ2v) is 5.25. The zero-order chi connectivity index (χ0) is 12.8. The Kier molecular flexibility index (Phi) is 5.41. The number of nitrogens with zero attached hydrogens (tertiary/aromatic N) is 1. The molecule has 0 aliphatic carbocycles. The van der Waals surface area contributed by atoms with E-state index in [0.29, 0.717) is 6.54 Å². The summed E-state index contributed by atoms with van der Waals surface area (Å²) in [4.78, 5) is 14.3. The minimum absolute atomic E-state index is 0.0346. The van der Waals surface area contributed by atoms with Gasteiger partial charge >= 0.3 is 0 Å². The van der Waals surface area contributed by atoms with Crippen molar-refractivity contribution in [2.45, 2.75) is 44.3 Å². The van der Waals surface area contributed by atoms with Crippen LogP contribution in [0.1, 0.15) is 32.1 Å². The molecule has 0 saturated carbocycles. The van der Waals surface area contributed by atoms with Gasteiger partial charge in [-0.05, 0) is 51.7 Å². The maximum atomic E-state index is 11.8. The molecule has 2 atom stereocenters. The van der Waals surface area contributed by atoms with Gasteiger partial charge in [0, 0.05) is 13.1 Å². The molecular formula is C13H25N3O2. The molecule has 0 unspecified atom stereocenters. The molecule has 2 saturated heterocycles. The first-order chi connectivity index (χ1) is 8.79. The van der Waals surface area contributed by atoms with Gasteiger partial charge in [0.05, 0.1) is 6.10 Å². The predicted molar refractivity (Wildman–Crippen MR) is 70.3 cm³/mol. The van der Waals surface area contributed by atoms with Gasteiger partial charge in [0.15, 0.2) is 0 Å². The third-order valence-corrected chi connectivity index (χ3v) is 3.81. The van der Waals surface area contributed by atoms with E-state index in [2.05, 4.69) is 10.2 Å². The maximum absolute atomic E-state index is 11.8. The number of ether oxygens (including phenoxy) is 1. The van der Waals surface area contributed by atoms with Gasteiger partial charge in [-0.2, -0.15) is 0 Å². The zero-order valence-electron chi connectivity index (χ0n) is 11.1. The van der Waals surface area contributed by atoms with Gasteiger partial charge < -0.3 is 20.7 Å². The van der Waals surface area contributed by atoms with Crippen LogP contribution in [0.2, 0.25) is 0 Å². The van der Waals surface area contributed by atoms with E-state index in [1.54, 1.807) is 0 Å². The van der Waals surface area contributed by atoms with Gasteiger partial charge in [-0.1, -0.05) is 0 Å². The molecule has 0 aromatic rings. The van der Waals surface area contributed by atoms with Crippen LogP contribution in [0, 0.1) is 0 Å². The molecule has 5 nitrogen and oxygen atoms in total. The fourth-order valence-corrected chi connectivity index (χ4v) is 2.71. The highest BCUT2D eigenvalue weighted by Crippen LogP contribution is 2.18. The second-order valence-electron chi connectivity index (χ2n) is 5.25. The molecule has 2 fully saturated rings. The van der Waals surface area contributed by atoms with Crippen molar-refractivity contribution in [3.05, 3.63) is 0 Å². The molecule has 0 aromatic carbocycles. The number of likely N-dealkylation sites (tertiary alicyclic amines) is 1. The van der Waals surface area contributed by atoms with E-state index in [1.807, 2.05) is 0 Å². The lowest BCUT2D eigenvalue weighted by Crippen LogP contribution is -2.37. The number of hydrogen-bond donors (Lipinski definition) is 2. The first kappa shape index (κ1) is 13.8. The van der Waals surface area contributed by atoms with E-state index in [0.717, 1.165) is 32.4 Å². The molecule has 0 radical (unpaired) electrons. The SMILES string of the molecule is NC[C@H]1CC[C@@H](C(=O)NCCCN2CCCC2)O1. The fraction of sp³-hybridized carbons (Fsp3) is 0.923. The Morgan fingerprint density at radius 3 is 2.78 bits per heavy atom. The maximum Gasteiger partial charge on any atom is 0.249 e. The van der Waals surface area contributed by atoms with Crippen molar-refractivity contribution >= 4 is 5.91 Å². The quantitative estimate of drug-likeness (QED) is 0.660. The van der Waals surface area contributed by atoms with Crippen molar-refractivity contribution in [1.29, 1.82) is 0 Å². The van der Waals surface area contributed by atoms with Crippen LogP contribution in [0.3, 0.4) is 0 Å². The number of nitrogens with two attached hydrogens (primary N) is 1. The second kappa shape index (κ2) is 7.07. The van der Waals surface area contributed by atoms with Gasteiger partial charge in [0.2, 0.25) is 5.91 Å². The van der Waals surface area contributed by atoms with Crippen LogP contribution in [0.15, 0.2) is 0 Å². The number of amides is 1. The molecule has 3 N–H and O–H groups in total. The van der Waals surface area contributed by atoms with E-state index >= 15 is 0 Å². The van der Waals surface area contributed by atoms with Crippen molar-refractivity contribution in [3.8, 4) is 0 Å². The minimum atomic E-state index is -0.273. The third kappa shape index (κ3) is 3.93. The molecule has 2 aliphatic heterocycles. The number of rotatable bonds is 6. The molecule has 104 valence electrons. The molecule has 2 rings (SSSR count). The molecule has 2 aliphatic rings. The highest BCUT2D eigenvalue weighted by molar-refractivity contribution is 5.80. The summed E-state index contributed by atoms with van der Waals surface area (Å²) >= 11 is 0. The van der Waals surface area contributed by atoms with Crippen LogP contribution in [0.4, 0.5) is 0 Å². The van der Waals surface area contributed by atoms with Gasteiger partial charge in [0.25, 0.3) is 0 Å². The van der Waals surface area contributed by atoms with Crippen molar-refractivity contribution < 1.29 is 9.53 Å². The van der Waals surface area contributed by atoms with Gasteiger partial charge in [0.1, 0.15) is 6.10 Å². The van der Waals surface area contributed by atoms with Crippen LogP contribution in [-0.4, -0.2) is 55.7 Å².